The summed E-state index contributed by atoms with van der Waals surface area (Å²) in [6.45, 7) is 12.5. The van der Waals surface area contributed by atoms with Gasteiger partial charge in [-0.3, -0.25) is 9.59 Å². The molecule has 31 heavy (non-hydrogen) atoms. The number of esters is 1. The van der Waals surface area contributed by atoms with Gasteiger partial charge in [0.05, 0.1) is 7.11 Å². The van der Waals surface area contributed by atoms with E-state index in [0.717, 1.165) is 25.7 Å². The molecule has 0 aromatic rings. The van der Waals surface area contributed by atoms with E-state index in [4.69, 9.17) is 4.74 Å². The Morgan fingerprint density at radius 3 is 2.45 bits per heavy atom. The monoisotopic (exact) mass is 432 g/mol. The fourth-order valence-corrected chi connectivity index (χ4v) is 6.36. The van der Waals surface area contributed by atoms with Gasteiger partial charge in [-0.1, -0.05) is 32.4 Å². The van der Waals surface area contributed by atoms with Crippen LogP contribution in [0.15, 0.2) is 11.6 Å². The predicted molar refractivity (Wildman–Crippen MR) is 120 cm³/mol. The molecule has 174 valence electrons. The van der Waals surface area contributed by atoms with Crippen molar-refractivity contribution in [2.24, 2.45) is 23.2 Å². The van der Waals surface area contributed by atoms with E-state index in [1.54, 1.807) is 13.8 Å². The second-order valence-corrected chi connectivity index (χ2v) is 10.8. The molecule has 1 N–H and O–H groups in total. The second kappa shape index (κ2) is 8.59. The number of nitrogens with zero attached hydrogens (tertiary/aromatic N) is 1. The molecule has 5 atom stereocenters. The summed E-state index contributed by atoms with van der Waals surface area (Å²) in [4.78, 5) is 40.2. The molecule has 1 aliphatic heterocycles. The Bertz CT molecular complexity index is 771. The Labute approximate surface area is 187 Å². The smallest absolute Gasteiger partial charge is 0.328 e. The van der Waals surface area contributed by atoms with Gasteiger partial charge < -0.3 is 15.0 Å². The van der Waals surface area contributed by atoms with Gasteiger partial charge in [-0.25, -0.2) is 4.79 Å². The van der Waals surface area contributed by atoms with Gasteiger partial charge >= 0.3 is 5.97 Å². The van der Waals surface area contributed by atoms with Gasteiger partial charge in [0.2, 0.25) is 11.8 Å². The summed E-state index contributed by atoms with van der Waals surface area (Å²) in [5.74, 6) is 0.513. The minimum absolute atomic E-state index is 0.0229. The average Bonchev–Trinajstić information content (AvgIpc) is 3.29. The van der Waals surface area contributed by atoms with E-state index in [1.807, 2.05) is 0 Å². The molecule has 1 spiro atoms. The maximum atomic E-state index is 13.7. The van der Waals surface area contributed by atoms with E-state index in [0.29, 0.717) is 24.2 Å². The van der Waals surface area contributed by atoms with Crippen molar-refractivity contribution < 1.29 is 19.1 Å². The highest BCUT2D eigenvalue weighted by Crippen LogP contribution is 2.54. The molecule has 1 saturated carbocycles. The van der Waals surface area contributed by atoms with Crippen molar-refractivity contribution in [3.8, 4) is 0 Å². The normalized spacial score (nSPS) is 33.7. The van der Waals surface area contributed by atoms with Gasteiger partial charge in [0, 0.05) is 17.9 Å². The Hall–Kier alpha value is -1.85. The van der Waals surface area contributed by atoms with Gasteiger partial charge in [-0.15, -0.1) is 0 Å². The molecule has 1 saturated heterocycles. The van der Waals surface area contributed by atoms with Crippen LogP contribution in [-0.2, 0) is 19.1 Å². The summed E-state index contributed by atoms with van der Waals surface area (Å²) >= 11 is 0. The number of hydrogen-bond donors (Lipinski definition) is 1. The van der Waals surface area contributed by atoms with Gasteiger partial charge in [0.15, 0.2) is 0 Å². The SMILES string of the molecule is COC(=O)C1CCC(=O)N1C(C)(C)C(=O)NC1C(C(C)C)CCC(C)C12C=C(C)CC2. The van der Waals surface area contributed by atoms with Crippen LogP contribution in [0.4, 0.5) is 0 Å². The fraction of sp³-hybridized carbons (Fsp3) is 0.800. The van der Waals surface area contributed by atoms with Crippen molar-refractivity contribution in [2.45, 2.75) is 97.7 Å². The molecular formula is C25H40N2O4. The maximum Gasteiger partial charge on any atom is 0.328 e. The summed E-state index contributed by atoms with van der Waals surface area (Å²) in [5.41, 5.74) is 0.225. The standard InChI is InChI=1S/C25H40N2O4/c1-15(2)18-9-8-17(4)25(13-12-16(3)14-25)21(18)26-23(30)24(5,6)27-19(22(29)31-7)10-11-20(27)28/h14-15,17-19,21H,8-13H2,1-7H3,(H,26,30). The number of carbonyl (C=O) groups excluding carboxylic acids is 3. The zero-order valence-corrected chi connectivity index (χ0v) is 20.3. The van der Waals surface area contributed by atoms with Crippen LogP contribution >= 0.6 is 0 Å². The third kappa shape index (κ3) is 4.03. The molecule has 5 unspecified atom stereocenters. The summed E-state index contributed by atoms with van der Waals surface area (Å²) < 4.78 is 4.92. The first kappa shape index (κ1) is 23.8. The number of nitrogens with one attached hydrogen (secondary N) is 1. The first-order valence-electron chi connectivity index (χ1n) is 11.8. The molecular weight excluding hydrogens is 392 g/mol. The van der Waals surface area contributed by atoms with Crippen LogP contribution in [0, 0.1) is 23.2 Å². The number of carbonyl (C=O) groups is 3. The van der Waals surface area contributed by atoms with E-state index in [1.165, 1.54) is 17.6 Å². The Morgan fingerprint density at radius 2 is 1.90 bits per heavy atom. The van der Waals surface area contributed by atoms with E-state index in [-0.39, 0.29) is 29.7 Å². The number of allylic oxidation sites excluding steroid dienone is 1. The topological polar surface area (TPSA) is 75.7 Å². The van der Waals surface area contributed by atoms with Crippen molar-refractivity contribution >= 4 is 17.8 Å². The summed E-state index contributed by atoms with van der Waals surface area (Å²) in [5, 5.41) is 3.42. The van der Waals surface area contributed by atoms with Gasteiger partial charge in [-0.05, 0) is 70.6 Å². The first-order chi connectivity index (χ1) is 14.5. The van der Waals surface area contributed by atoms with E-state index in [2.05, 4.69) is 39.1 Å². The average molecular weight is 433 g/mol. The van der Waals surface area contributed by atoms with Crippen LogP contribution in [0.3, 0.4) is 0 Å². The van der Waals surface area contributed by atoms with Crippen LogP contribution in [-0.4, -0.2) is 47.4 Å². The number of amides is 2. The van der Waals surface area contributed by atoms with Crippen LogP contribution in [0.2, 0.25) is 0 Å². The Kier molecular flexibility index (Phi) is 6.60. The van der Waals surface area contributed by atoms with Crippen LogP contribution < -0.4 is 5.32 Å². The van der Waals surface area contributed by atoms with Gasteiger partial charge in [0.25, 0.3) is 0 Å². The third-order valence-corrected chi connectivity index (χ3v) is 8.31. The lowest BCUT2D eigenvalue weighted by Crippen LogP contribution is -2.65. The zero-order valence-electron chi connectivity index (χ0n) is 20.3. The number of methoxy groups -OCH3 is 1. The molecule has 2 amide bonds. The van der Waals surface area contributed by atoms with Crippen LogP contribution in [0.25, 0.3) is 0 Å². The van der Waals surface area contributed by atoms with Crippen molar-refractivity contribution in [2.75, 3.05) is 7.11 Å². The third-order valence-electron chi connectivity index (χ3n) is 8.31. The molecule has 2 aliphatic carbocycles. The van der Waals surface area contributed by atoms with Crippen LogP contribution in [0.1, 0.15) is 80.1 Å². The summed E-state index contributed by atoms with van der Waals surface area (Å²) in [6, 6.07) is -0.679. The largest absolute Gasteiger partial charge is 0.467 e. The van der Waals surface area contributed by atoms with Gasteiger partial charge in [0.1, 0.15) is 11.6 Å². The first-order valence-corrected chi connectivity index (χ1v) is 11.8. The molecule has 0 aromatic carbocycles. The van der Waals surface area contributed by atoms with Crippen molar-refractivity contribution in [1.82, 2.24) is 10.2 Å². The molecule has 6 nitrogen and oxygen atoms in total. The van der Waals surface area contributed by atoms with Crippen LogP contribution in [0.5, 0.6) is 0 Å². The number of ether oxygens (including phenoxy) is 1. The van der Waals surface area contributed by atoms with Crippen molar-refractivity contribution in [1.29, 1.82) is 0 Å². The number of likely N-dealkylation sites (tertiary alicyclic amines) is 1. The molecule has 3 aliphatic rings. The molecule has 1 heterocycles. The summed E-state index contributed by atoms with van der Waals surface area (Å²) in [7, 11) is 1.32. The predicted octanol–water partition coefficient (Wildman–Crippen LogP) is 3.84. The number of rotatable bonds is 5. The van der Waals surface area contributed by atoms with Crippen molar-refractivity contribution in [3.05, 3.63) is 11.6 Å². The van der Waals surface area contributed by atoms with Crippen molar-refractivity contribution in [3.63, 3.8) is 0 Å². The molecule has 0 bridgehead atoms. The molecule has 6 heteroatoms. The molecule has 3 rings (SSSR count). The molecule has 2 fully saturated rings. The zero-order chi connectivity index (χ0) is 23.1. The van der Waals surface area contributed by atoms with E-state index < -0.39 is 17.6 Å². The molecule has 0 radical (unpaired) electrons. The minimum Gasteiger partial charge on any atom is -0.467 e. The molecule has 0 aromatic heterocycles. The Balaban J connectivity index is 1.92. The highest BCUT2D eigenvalue weighted by atomic mass is 16.5. The highest BCUT2D eigenvalue weighted by Gasteiger charge is 2.54. The Morgan fingerprint density at radius 1 is 1.23 bits per heavy atom. The summed E-state index contributed by atoms with van der Waals surface area (Å²) in [6.07, 6.45) is 7.45. The lowest BCUT2D eigenvalue weighted by Gasteiger charge is -2.52. The maximum absolute atomic E-state index is 13.7. The van der Waals surface area contributed by atoms with E-state index in [9.17, 15) is 14.4 Å². The lowest BCUT2D eigenvalue weighted by atomic mass is 9.57. The lowest BCUT2D eigenvalue weighted by molar-refractivity contribution is -0.157. The quantitative estimate of drug-likeness (QED) is 0.529. The minimum atomic E-state index is -1.13. The second-order valence-electron chi connectivity index (χ2n) is 10.8. The van der Waals surface area contributed by atoms with E-state index >= 15 is 0 Å². The highest BCUT2D eigenvalue weighted by molar-refractivity contribution is 5.95. The fourth-order valence-electron chi connectivity index (χ4n) is 6.36. The number of hydrogen-bond acceptors (Lipinski definition) is 4. The van der Waals surface area contributed by atoms with Gasteiger partial charge in [-0.2, -0.15) is 0 Å².